The van der Waals surface area contributed by atoms with E-state index in [9.17, 15) is 24.5 Å². The molecule has 0 aliphatic rings. The minimum absolute atomic E-state index is 0.0865. The standard InChI is InChI=1S/C20H16N4O5/c1-13(25)14-5-7-16(8-6-14)21-19(26)12-23-20(27)10-9-18(22-23)15-3-2-4-17(11-15)24(28)29/h2-11H,12H2,1H3,(H,21,26). The molecule has 1 heterocycles. The zero-order chi connectivity index (χ0) is 21.0. The van der Waals surface area contributed by atoms with Crippen LogP contribution >= 0.6 is 0 Å². The highest BCUT2D eigenvalue weighted by molar-refractivity contribution is 5.95. The van der Waals surface area contributed by atoms with Gasteiger partial charge >= 0.3 is 0 Å². The van der Waals surface area contributed by atoms with Gasteiger partial charge in [0, 0.05) is 35.0 Å². The van der Waals surface area contributed by atoms with Crippen LogP contribution < -0.4 is 10.9 Å². The lowest BCUT2D eigenvalue weighted by Gasteiger charge is -2.09. The van der Waals surface area contributed by atoms with Gasteiger partial charge in [0.15, 0.2) is 5.78 Å². The third-order valence-electron chi connectivity index (χ3n) is 4.09. The molecule has 0 saturated heterocycles. The Morgan fingerprint density at radius 1 is 1.10 bits per heavy atom. The van der Waals surface area contributed by atoms with Gasteiger partial charge < -0.3 is 5.32 Å². The van der Waals surface area contributed by atoms with E-state index in [0.29, 0.717) is 22.5 Å². The van der Waals surface area contributed by atoms with Crippen molar-refractivity contribution in [2.24, 2.45) is 0 Å². The number of benzene rings is 2. The number of non-ortho nitro benzene ring substituents is 1. The predicted molar refractivity (Wildman–Crippen MR) is 106 cm³/mol. The predicted octanol–water partition coefficient (Wildman–Crippen LogP) is 2.66. The number of nitrogens with one attached hydrogen (secondary N) is 1. The average Bonchev–Trinajstić information content (AvgIpc) is 2.70. The van der Waals surface area contributed by atoms with Crippen LogP contribution in [0.4, 0.5) is 11.4 Å². The molecule has 9 heteroatoms. The van der Waals surface area contributed by atoms with E-state index in [0.717, 1.165) is 4.68 Å². The summed E-state index contributed by atoms with van der Waals surface area (Å²) in [6.07, 6.45) is 0. The van der Waals surface area contributed by atoms with E-state index < -0.39 is 16.4 Å². The molecule has 0 spiro atoms. The summed E-state index contributed by atoms with van der Waals surface area (Å²) in [6, 6.07) is 14.9. The van der Waals surface area contributed by atoms with Crippen molar-refractivity contribution in [3.63, 3.8) is 0 Å². The fourth-order valence-electron chi connectivity index (χ4n) is 2.62. The summed E-state index contributed by atoms with van der Waals surface area (Å²) < 4.78 is 0.980. The molecular weight excluding hydrogens is 376 g/mol. The van der Waals surface area contributed by atoms with Crippen LogP contribution in [0, 0.1) is 10.1 Å². The van der Waals surface area contributed by atoms with E-state index in [4.69, 9.17) is 0 Å². The fraction of sp³-hybridized carbons (Fsp3) is 0.100. The molecule has 0 aliphatic carbocycles. The summed E-state index contributed by atoms with van der Waals surface area (Å²) in [5.74, 6) is -0.567. The Hall–Kier alpha value is -4.14. The molecule has 29 heavy (non-hydrogen) atoms. The summed E-state index contributed by atoms with van der Waals surface area (Å²) >= 11 is 0. The molecule has 0 radical (unpaired) electrons. The number of carbonyl (C=O) groups is 2. The van der Waals surface area contributed by atoms with Crippen LogP contribution in [0.3, 0.4) is 0 Å². The highest BCUT2D eigenvalue weighted by atomic mass is 16.6. The Kier molecular flexibility index (Phi) is 5.59. The number of aromatic nitrogens is 2. The van der Waals surface area contributed by atoms with Gasteiger partial charge in [0.05, 0.1) is 10.6 Å². The molecule has 3 rings (SSSR count). The number of nitro groups is 1. The van der Waals surface area contributed by atoms with Gasteiger partial charge in [0.25, 0.3) is 11.2 Å². The highest BCUT2D eigenvalue weighted by Gasteiger charge is 2.11. The maximum atomic E-state index is 12.3. The molecule has 0 saturated carbocycles. The molecule has 0 unspecified atom stereocenters. The van der Waals surface area contributed by atoms with E-state index in [1.807, 2.05) is 0 Å². The molecular formula is C20H16N4O5. The van der Waals surface area contributed by atoms with Crippen LogP contribution in [0.5, 0.6) is 0 Å². The summed E-state index contributed by atoms with van der Waals surface area (Å²) in [4.78, 5) is 46.0. The Bertz CT molecular complexity index is 1150. The topological polar surface area (TPSA) is 124 Å². The van der Waals surface area contributed by atoms with E-state index in [1.165, 1.54) is 37.3 Å². The van der Waals surface area contributed by atoms with Gasteiger partial charge in [-0.1, -0.05) is 12.1 Å². The van der Waals surface area contributed by atoms with Crippen molar-refractivity contribution in [2.75, 3.05) is 5.32 Å². The van der Waals surface area contributed by atoms with Crippen LogP contribution in [-0.4, -0.2) is 26.4 Å². The fourth-order valence-corrected chi connectivity index (χ4v) is 2.62. The number of Topliss-reactive ketones (excluding diaryl/α,β-unsaturated/α-hetero) is 1. The quantitative estimate of drug-likeness (QED) is 0.391. The van der Waals surface area contributed by atoms with Crippen molar-refractivity contribution in [1.82, 2.24) is 9.78 Å². The van der Waals surface area contributed by atoms with Crippen LogP contribution in [-0.2, 0) is 11.3 Å². The number of anilines is 1. The maximum Gasteiger partial charge on any atom is 0.270 e. The zero-order valence-electron chi connectivity index (χ0n) is 15.4. The molecule has 1 aromatic heterocycles. The van der Waals surface area contributed by atoms with Crippen molar-refractivity contribution in [3.05, 3.63) is 86.7 Å². The van der Waals surface area contributed by atoms with Gasteiger partial charge in [-0.05, 0) is 37.3 Å². The molecule has 2 aromatic carbocycles. The second kappa shape index (κ2) is 8.26. The number of amides is 1. The van der Waals surface area contributed by atoms with Crippen LogP contribution in [0.2, 0.25) is 0 Å². The minimum Gasteiger partial charge on any atom is -0.324 e. The summed E-state index contributed by atoms with van der Waals surface area (Å²) in [5.41, 5.74) is 1.18. The normalized spacial score (nSPS) is 10.4. The van der Waals surface area contributed by atoms with Crippen LogP contribution in [0.1, 0.15) is 17.3 Å². The lowest BCUT2D eigenvalue weighted by molar-refractivity contribution is -0.384. The van der Waals surface area contributed by atoms with E-state index >= 15 is 0 Å². The Morgan fingerprint density at radius 3 is 2.48 bits per heavy atom. The third kappa shape index (κ3) is 4.78. The largest absolute Gasteiger partial charge is 0.324 e. The molecule has 0 atom stereocenters. The Balaban J connectivity index is 1.78. The number of ketones is 1. The first kappa shape index (κ1) is 19.6. The molecule has 1 N–H and O–H groups in total. The number of carbonyl (C=O) groups excluding carboxylic acids is 2. The molecule has 3 aromatic rings. The average molecular weight is 392 g/mol. The van der Waals surface area contributed by atoms with Gasteiger partial charge in [-0.2, -0.15) is 5.10 Å². The Labute approximate surface area is 164 Å². The monoisotopic (exact) mass is 392 g/mol. The van der Waals surface area contributed by atoms with Crippen molar-refractivity contribution in [2.45, 2.75) is 13.5 Å². The van der Waals surface area contributed by atoms with E-state index in [-0.39, 0.29) is 18.0 Å². The Morgan fingerprint density at radius 2 is 1.83 bits per heavy atom. The highest BCUT2D eigenvalue weighted by Crippen LogP contribution is 2.21. The second-order valence-corrected chi connectivity index (χ2v) is 6.20. The number of rotatable bonds is 6. The molecule has 0 fully saturated rings. The van der Waals surface area contributed by atoms with Crippen molar-refractivity contribution in [3.8, 4) is 11.3 Å². The SMILES string of the molecule is CC(=O)c1ccc(NC(=O)Cn2nc(-c3cccc([N+](=O)[O-])c3)ccc2=O)cc1. The minimum atomic E-state index is -0.523. The summed E-state index contributed by atoms with van der Waals surface area (Å²) in [7, 11) is 0. The maximum absolute atomic E-state index is 12.3. The second-order valence-electron chi connectivity index (χ2n) is 6.20. The first-order valence-corrected chi connectivity index (χ1v) is 8.57. The van der Waals surface area contributed by atoms with Crippen molar-refractivity contribution >= 4 is 23.1 Å². The van der Waals surface area contributed by atoms with Crippen molar-refractivity contribution in [1.29, 1.82) is 0 Å². The zero-order valence-corrected chi connectivity index (χ0v) is 15.4. The van der Waals surface area contributed by atoms with Gasteiger partial charge in [-0.25, -0.2) is 4.68 Å². The molecule has 0 aliphatic heterocycles. The number of hydrogen-bond donors (Lipinski definition) is 1. The van der Waals surface area contributed by atoms with Crippen LogP contribution in [0.25, 0.3) is 11.3 Å². The van der Waals surface area contributed by atoms with Gasteiger partial charge in [-0.15, -0.1) is 0 Å². The number of nitrogens with zero attached hydrogens (tertiary/aromatic N) is 3. The molecule has 0 bridgehead atoms. The lowest BCUT2D eigenvalue weighted by Crippen LogP contribution is -2.29. The van der Waals surface area contributed by atoms with E-state index in [2.05, 4.69) is 10.4 Å². The first-order valence-electron chi connectivity index (χ1n) is 8.57. The van der Waals surface area contributed by atoms with Gasteiger partial charge in [0.1, 0.15) is 6.54 Å². The van der Waals surface area contributed by atoms with Crippen LogP contribution in [0.15, 0.2) is 65.5 Å². The number of nitro benzene ring substituents is 1. The third-order valence-corrected chi connectivity index (χ3v) is 4.09. The molecule has 9 nitrogen and oxygen atoms in total. The smallest absolute Gasteiger partial charge is 0.270 e. The van der Waals surface area contributed by atoms with E-state index in [1.54, 1.807) is 30.3 Å². The summed E-state index contributed by atoms with van der Waals surface area (Å²) in [5, 5.41) is 17.7. The summed E-state index contributed by atoms with van der Waals surface area (Å²) in [6.45, 7) is 1.11. The first-order chi connectivity index (χ1) is 13.8. The molecule has 1 amide bonds. The lowest BCUT2D eigenvalue weighted by atomic mass is 10.1. The number of hydrogen-bond acceptors (Lipinski definition) is 6. The van der Waals surface area contributed by atoms with Gasteiger partial charge in [0.2, 0.25) is 5.91 Å². The van der Waals surface area contributed by atoms with Crippen molar-refractivity contribution < 1.29 is 14.5 Å². The van der Waals surface area contributed by atoms with Gasteiger partial charge in [-0.3, -0.25) is 24.5 Å². The molecule has 146 valence electrons.